The van der Waals surface area contributed by atoms with Crippen molar-refractivity contribution in [2.75, 3.05) is 16.4 Å². The van der Waals surface area contributed by atoms with Crippen molar-refractivity contribution in [1.29, 1.82) is 5.26 Å². The lowest BCUT2D eigenvalue weighted by Crippen LogP contribution is -2.14. The Kier molecular flexibility index (Phi) is 6.04. The lowest BCUT2D eigenvalue weighted by molar-refractivity contribution is -0.112. The van der Waals surface area contributed by atoms with Crippen LogP contribution >= 0.6 is 11.6 Å². The molecule has 25 heavy (non-hydrogen) atoms. The maximum atomic E-state index is 12.2. The zero-order valence-electron chi connectivity index (χ0n) is 14.0. The molecule has 0 saturated carbocycles. The van der Waals surface area contributed by atoms with Crippen molar-refractivity contribution >= 4 is 34.6 Å². The van der Waals surface area contributed by atoms with Gasteiger partial charge in [-0.25, -0.2) is 0 Å². The highest BCUT2D eigenvalue weighted by atomic mass is 35.5. The first-order valence-corrected chi connectivity index (χ1v) is 8.11. The van der Waals surface area contributed by atoms with Crippen molar-refractivity contribution in [3.05, 3.63) is 64.8 Å². The smallest absolute Gasteiger partial charge is 0.267 e. The summed E-state index contributed by atoms with van der Waals surface area (Å²) in [5, 5.41) is 15.1. The van der Waals surface area contributed by atoms with Gasteiger partial charge in [-0.15, -0.1) is 0 Å². The van der Waals surface area contributed by atoms with E-state index in [2.05, 4.69) is 24.5 Å². The molecule has 2 rings (SSSR count). The number of hydrogen-bond donors (Lipinski definition) is 3. The molecule has 0 bridgehead atoms. The van der Waals surface area contributed by atoms with Crippen molar-refractivity contribution in [2.45, 2.75) is 19.8 Å². The summed E-state index contributed by atoms with van der Waals surface area (Å²) >= 11 is 5.92. The van der Waals surface area contributed by atoms with Crippen LogP contribution in [0.2, 0.25) is 5.02 Å². The molecule has 1 amide bonds. The highest BCUT2D eigenvalue weighted by Crippen LogP contribution is 2.23. The zero-order chi connectivity index (χ0) is 18.4. The van der Waals surface area contributed by atoms with E-state index in [4.69, 9.17) is 17.3 Å². The van der Waals surface area contributed by atoms with Crippen LogP contribution in [-0.4, -0.2) is 5.91 Å². The van der Waals surface area contributed by atoms with Crippen LogP contribution in [0.5, 0.6) is 0 Å². The molecule has 0 unspecified atom stereocenters. The van der Waals surface area contributed by atoms with Crippen LogP contribution in [-0.2, 0) is 4.79 Å². The van der Waals surface area contributed by atoms with E-state index in [1.165, 1.54) is 17.8 Å². The van der Waals surface area contributed by atoms with Gasteiger partial charge in [0.05, 0.1) is 10.7 Å². The minimum atomic E-state index is -0.533. The number of carbonyl (C=O) groups excluding carboxylic acids is 1. The molecule has 2 aromatic rings. The van der Waals surface area contributed by atoms with E-state index in [1.807, 2.05) is 30.3 Å². The SMILES string of the molecule is CC(C)c1ccc(N/C=C(/C#N)C(=O)Nc2ccc(N)c(Cl)c2)cc1. The van der Waals surface area contributed by atoms with Gasteiger partial charge in [0.25, 0.3) is 5.91 Å². The summed E-state index contributed by atoms with van der Waals surface area (Å²) in [6.07, 6.45) is 1.37. The molecule has 0 aromatic heterocycles. The Morgan fingerprint density at radius 3 is 2.40 bits per heavy atom. The Morgan fingerprint density at radius 1 is 1.20 bits per heavy atom. The summed E-state index contributed by atoms with van der Waals surface area (Å²) in [7, 11) is 0. The number of nitrogens with zero attached hydrogens (tertiary/aromatic N) is 1. The standard InChI is InChI=1S/C19H19ClN4O/c1-12(2)13-3-5-15(6-4-13)23-11-14(10-21)19(25)24-16-7-8-18(22)17(20)9-16/h3-9,11-12,23H,22H2,1-2H3,(H,24,25)/b14-11-. The van der Waals surface area contributed by atoms with Gasteiger partial charge in [0.1, 0.15) is 11.6 Å². The second kappa shape index (κ2) is 8.22. The summed E-state index contributed by atoms with van der Waals surface area (Å²) in [6.45, 7) is 4.23. The second-order valence-corrected chi connectivity index (χ2v) is 6.19. The number of anilines is 3. The van der Waals surface area contributed by atoms with Gasteiger partial charge in [0.2, 0.25) is 0 Å². The van der Waals surface area contributed by atoms with Crippen molar-refractivity contribution in [3.63, 3.8) is 0 Å². The quantitative estimate of drug-likeness (QED) is 0.418. The second-order valence-electron chi connectivity index (χ2n) is 5.78. The predicted octanol–water partition coefficient (Wildman–Crippen LogP) is 4.50. The molecular formula is C19H19ClN4O. The molecule has 128 valence electrons. The minimum absolute atomic E-state index is 0.0547. The minimum Gasteiger partial charge on any atom is -0.398 e. The number of nitrogens with two attached hydrogens (primary N) is 1. The summed E-state index contributed by atoms with van der Waals surface area (Å²) in [4.78, 5) is 12.2. The van der Waals surface area contributed by atoms with Crippen LogP contribution in [0.25, 0.3) is 0 Å². The molecule has 0 spiro atoms. The summed E-state index contributed by atoms with van der Waals surface area (Å²) < 4.78 is 0. The molecular weight excluding hydrogens is 336 g/mol. The van der Waals surface area contributed by atoms with E-state index in [0.717, 1.165) is 5.69 Å². The van der Waals surface area contributed by atoms with Crippen LogP contribution < -0.4 is 16.4 Å². The maximum Gasteiger partial charge on any atom is 0.267 e. The number of halogens is 1. The fourth-order valence-electron chi connectivity index (χ4n) is 2.07. The van der Waals surface area contributed by atoms with Crippen LogP contribution in [0, 0.1) is 11.3 Å². The van der Waals surface area contributed by atoms with Crippen LogP contribution in [0.15, 0.2) is 54.2 Å². The topological polar surface area (TPSA) is 90.9 Å². The molecule has 0 fully saturated rings. The molecule has 0 radical (unpaired) electrons. The van der Waals surface area contributed by atoms with E-state index in [-0.39, 0.29) is 5.57 Å². The highest BCUT2D eigenvalue weighted by molar-refractivity contribution is 6.33. The van der Waals surface area contributed by atoms with E-state index in [0.29, 0.717) is 22.3 Å². The maximum absolute atomic E-state index is 12.2. The average Bonchev–Trinajstić information content (AvgIpc) is 2.59. The van der Waals surface area contributed by atoms with Gasteiger partial charge in [-0.2, -0.15) is 5.26 Å². The Balaban J connectivity index is 2.07. The Morgan fingerprint density at radius 2 is 1.84 bits per heavy atom. The molecule has 0 heterocycles. The third-order valence-corrected chi connectivity index (χ3v) is 3.91. The summed E-state index contributed by atoms with van der Waals surface area (Å²) in [5.41, 5.74) is 8.46. The van der Waals surface area contributed by atoms with Gasteiger partial charge < -0.3 is 16.4 Å². The summed E-state index contributed by atoms with van der Waals surface area (Å²) in [6, 6.07) is 14.4. The highest BCUT2D eigenvalue weighted by Gasteiger charge is 2.10. The van der Waals surface area contributed by atoms with E-state index in [1.54, 1.807) is 12.1 Å². The van der Waals surface area contributed by atoms with Gasteiger partial charge >= 0.3 is 0 Å². The molecule has 0 aliphatic rings. The number of nitrogens with one attached hydrogen (secondary N) is 2. The molecule has 0 saturated heterocycles. The van der Waals surface area contributed by atoms with Gasteiger partial charge in [0.15, 0.2) is 0 Å². The Labute approximate surface area is 152 Å². The van der Waals surface area contributed by atoms with Crippen LogP contribution in [0.3, 0.4) is 0 Å². The average molecular weight is 355 g/mol. The number of benzene rings is 2. The van der Waals surface area contributed by atoms with Gasteiger partial charge in [-0.3, -0.25) is 4.79 Å². The fourth-order valence-corrected chi connectivity index (χ4v) is 2.25. The Bertz CT molecular complexity index is 835. The van der Waals surface area contributed by atoms with E-state index in [9.17, 15) is 10.1 Å². The number of nitrogen functional groups attached to an aromatic ring is 1. The van der Waals surface area contributed by atoms with Gasteiger partial charge in [-0.1, -0.05) is 37.6 Å². The molecule has 0 atom stereocenters. The molecule has 0 aliphatic carbocycles. The van der Waals surface area contributed by atoms with E-state index >= 15 is 0 Å². The number of hydrogen-bond acceptors (Lipinski definition) is 4. The van der Waals surface area contributed by atoms with Gasteiger partial charge in [0, 0.05) is 17.6 Å². The lowest BCUT2D eigenvalue weighted by Gasteiger charge is -2.08. The third kappa shape index (κ3) is 5.00. The predicted molar refractivity (Wildman–Crippen MR) is 102 cm³/mol. The number of amides is 1. The molecule has 5 nitrogen and oxygen atoms in total. The van der Waals surface area contributed by atoms with Crippen molar-refractivity contribution in [3.8, 4) is 6.07 Å². The normalized spacial score (nSPS) is 11.1. The first kappa shape index (κ1) is 18.4. The first-order chi connectivity index (χ1) is 11.9. The summed E-state index contributed by atoms with van der Waals surface area (Å²) in [5.74, 6) is -0.0913. The van der Waals surface area contributed by atoms with E-state index < -0.39 is 5.91 Å². The Hall–Kier alpha value is -2.97. The first-order valence-electron chi connectivity index (χ1n) is 7.74. The van der Waals surface area contributed by atoms with Gasteiger partial charge in [-0.05, 0) is 41.8 Å². The molecule has 2 aromatic carbocycles. The number of carbonyl (C=O) groups is 1. The lowest BCUT2D eigenvalue weighted by atomic mass is 10.0. The largest absolute Gasteiger partial charge is 0.398 e. The molecule has 0 aliphatic heterocycles. The van der Waals surface area contributed by atoms with Crippen molar-refractivity contribution < 1.29 is 4.79 Å². The molecule has 6 heteroatoms. The van der Waals surface area contributed by atoms with Crippen LogP contribution in [0.1, 0.15) is 25.3 Å². The van der Waals surface area contributed by atoms with Crippen molar-refractivity contribution in [1.82, 2.24) is 0 Å². The monoisotopic (exact) mass is 354 g/mol. The molecule has 4 N–H and O–H groups in total. The fraction of sp³-hybridized carbons (Fsp3) is 0.158. The van der Waals surface area contributed by atoms with Crippen LogP contribution in [0.4, 0.5) is 17.1 Å². The number of nitriles is 1. The third-order valence-electron chi connectivity index (χ3n) is 3.58. The zero-order valence-corrected chi connectivity index (χ0v) is 14.8. The van der Waals surface area contributed by atoms with Crippen molar-refractivity contribution in [2.24, 2.45) is 0 Å². The number of rotatable bonds is 5.